The van der Waals surface area contributed by atoms with Crippen LogP contribution < -0.4 is 20.7 Å². The van der Waals surface area contributed by atoms with Crippen LogP contribution in [0.3, 0.4) is 0 Å². The Morgan fingerprint density at radius 2 is 1.94 bits per heavy atom. The third kappa shape index (κ3) is 4.60. The Labute approximate surface area is 200 Å². The first-order chi connectivity index (χ1) is 17.5. The summed E-state index contributed by atoms with van der Waals surface area (Å²) in [6, 6.07) is 5.02. The Hall–Kier alpha value is -4.61. The summed E-state index contributed by atoms with van der Waals surface area (Å²) in [7, 11) is 3.20. The number of methoxy groups -OCH3 is 1. The number of aryl methyl sites for hydroxylation is 3. The van der Waals surface area contributed by atoms with Crippen molar-refractivity contribution in [3.63, 3.8) is 0 Å². The molecule has 0 aliphatic rings. The molecule has 0 aliphatic carbocycles. The molecule has 0 atom stereocenters. The van der Waals surface area contributed by atoms with E-state index in [-0.39, 0.29) is 23.0 Å². The number of hydrogen-bond acceptors (Lipinski definition) is 10. The number of aromatic nitrogens is 7. The van der Waals surface area contributed by atoms with E-state index in [1.54, 1.807) is 30.3 Å². The van der Waals surface area contributed by atoms with Crippen LogP contribution in [0.5, 0.6) is 5.75 Å². The SMILES string of the molecule is [2H]C([2H])([2H])NC(=O)c1nnc(Nc2cc(C)c(C)cn2)cc1Nc1nccc(-c2ncn(C)n2)c1OC. The second-order valence-electron chi connectivity index (χ2n) is 7.33. The number of nitrogens with zero attached hydrogens (tertiary/aromatic N) is 7. The number of pyridine rings is 2. The molecule has 34 heavy (non-hydrogen) atoms. The fourth-order valence-electron chi connectivity index (χ4n) is 3.11. The molecule has 4 rings (SSSR count). The van der Waals surface area contributed by atoms with Gasteiger partial charge in [-0.25, -0.2) is 15.0 Å². The molecule has 174 valence electrons. The van der Waals surface area contributed by atoms with E-state index in [0.717, 1.165) is 11.1 Å². The highest BCUT2D eigenvalue weighted by Crippen LogP contribution is 2.35. The van der Waals surface area contributed by atoms with E-state index in [1.165, 1.54) is 19.4 Å². The molecule has 4 aromatic rings. The van der Waals surface area contributed by atoms with Crippen molar-refractivity contribution < 1.29 is 13.6 Å². The van der Waals surface area contributed by atoms with E-state index >= 15 is 0 Å². The molecule has 0 aliphatic heterocycles. The first-order valence-electron chi connectivity index (χ1n) is 11.6. The van der Waals surface area contributed by atoms with Gasteiger partial charge in [0.25, 0.3) is 5.91 Å². The third-order valence-electron chi connectivity index (χ3n) is 4.95. The molecule has 3 N–H and O–H groups in total. The molecular weight excluding hydrogens is 436 g/mol. The second-order valence-corrected chi connectivity index (χ2v) is 7.33. The molecule has 0 saturated heterocycles. The lowest BCUT2D eigenvalue weighted by molar-refractivity contribution is 0.0958. The van der Waals surface area contributed by atoms with Gasteiger partial charge in [-0.1, -0.05) is 0 Å². The molecule has 1 amide bonds. The van der Waals surface area contributed by atoms with Crippen LogP contribution in [0, 0.1) is 13.8 Å². The van der Waals surface area contributed by atoms with Crippen molar-refractivity contribution in [2.45, 2.75) is 13.8 Å². The minimum atomic E-state index is -2.73. The number of amides is 1. The summed E-state index contributed by atoms with van der Waals surface area (Å²) in [5, 5.41) is 20.3. The van der Waals surface area contributed by atoms with Crippen molar-refractivity contribution in [1.29, 1.82) is 0 Å². The standard InChI is InChI=1S/C22H24N10O2/c1-12-8-16(25-10-13(12)2)28-17-9-15(18(30-29-17)22(33)23-3)27-21-19(34-5)14(6-7-24-21)20-26-11-32(4)31-20/h6-11H,1-5H3,(H,23,33)(H2,24,25,27,28,29)/i3D3. The van der Waals surface area contributed by atoms with Crippen molar-refractivity contribution in [3.8, 4) is 17.1 Å². The highest BCUT2D eigenvalue weighted by atomic mass is 16.5. The maximum atomic E-state index is 12.7. The van der Waals surface area contributed by atoms with Crippen LogP contribution in [0.2, 0.25) is 0 Å². The topological polar surface area (TPSA) is 145 Å². The van der Waals surface area contributed by atoms with Crippen LogP contribution in [0.4, 0.5) is 23.1 Å². The normalized spacial score (nSPS) is 12.3. The van der Waals surface area contributed by atoms with Crippen molar-refractivity contribution >= 4 is 29.0 Å². The van der Waals surface area contributed by atoms with Gasteiger partial charge in [0.15, 0.2) is 28.9 Å². The van der Waals surface area contributed by atoms with Gasteiger partial charge in [0.05, 0.1) is 18.4 Å². The van der Waals surface area contributed by atoms with Gasteiger partial charge in [-0.2, -0.15) is 5.10 Å². The maximum Gasteiger partial charge on any atom is 0.273 e. The monoisotopic (exact) mass is 463 g/mol. The Balaban J connectivity index is 1.75. The number of hydrogen-bond donors (Lipinski definition) is 3. The molecule has 0 aromatic carbocycles. The van der Waals surface area contributed by atoms with Crippen LogP contribution in [0.1, 0.15) is 25.7 Å². The maximum absolute atomic E-state index is 12.7. The number of rotatable bonds is 7. The smallest absolute Gasteiger partial charge is 0.273 e. The van der Waals surface area contributed by atoms with Gasteiger partial charge in [0.2, 0.25) is 0 Å². The van der Waals surface area contributed by atoms with E-state index in [1.807, 2.05) is 25.2 Å². The largest absolute Gasteiger partial charge is 0.492 e. The summed E-state index contributed by atoms with van der Waals surface area (Å²) in [6.07, 6.45) is 4.78. The minimum Gasteiger partial charge on any atom is -0.492 e. The summed E-state index contributed by atoms with van der Waals surface area (Å²) in [5.74, 6) is 0.748. The zero-order chi connectivity index (χ0) is 26.7. The Bertz CT molecular complexity index is 1460. The Kier molecular flexibility index (Phi) is 5.28. The Morgan fingerprint density at radius 1 is 1.09 bits per heavy atom. The van der Waals surface area contributed by atoms with Gasteiger partial charge >= 0.3 is 0 Å². The summed E-state index contributed by atoms with van der Waals surface area (Å²) >= 11 is 0. The number of nitrogens with one attached hydrogen (secondary N) is 3. The first-order valence-corrected chi connectivity index (χ1v) is 10.1. The highest BCUT2D eigenvalue weighted by Gasteiger charge is 2.20. The number of anilines is 4. The van der Waals surface area contributed by atoms with E-state index in [2.05, 4.69) is 40.9 Å². The quantitative estimate of drug-likeness (QED) is 0.374. The zero-order valence-corrected chi connectivity index (χ0v) is 18.9. The fourth-order valence-corrected chi connectivity index (χ4v) is 3.11. The van der Waals surface area contributed by atoms with Gasteiger partial charge in [-0.3, -0.25) is 9.48 Å². The van der Waals surface area contributed by atoms with Crippen molar-refractivity contribution in [2.24, 2.45) is 7.05 Å². The van der Waals surface area contributed by atoms with Crippen LogP contribution in [0.15, 0.2) is 36.9 Å². The van der Waals surface area contributed by atoms with Crippen molar-refractivity contribution in [2.75, 3.05) is 24.7 Å². The molecule has 4 heterocycles. The van der Waals surface area contributed by atoms with E-state index in [4.69, 9.17) is 8.85 Å². The molecule has 0 unspecified atom stereocenters. The summed E-state index contributed by atoms with van der Waals surface area (Å²) in [4.78, 5) is 25.7. The zero-order valence-electron chi connectivity index (χ0n) is 21.9. The van der Waals surface area contributed by atoms with Gasteiger partial charge in [0, 0.05) is 36.6 Å². The summed E-state index contributed by atoms with van der Waals surface area (Å²) in [6.45, 7) is 1.17. The number of carbonyl (C=O) groups excluding carboxylic acids is 1. The predicted octanol–water partition coefficient (Wildman–Crippen LogP) is 2.53. The Morgan fingerprint density at radius 3 is 2.65 bits per heavy atom. The van der Waals surface area contributed by atoms with Crippen LogP contribution in [-0.4, -0.2) is 54.9 Å². The summed E-state index contributed by atoms with van der Waals surface area (Å²) in [5.41, 5.74) is 2.45. The second kappa shape index (κ2) is 9.48. The van der Waals surface area contributed by atoms with Crippen molar-refractivity contribution in [3.05, 3.63) is 53.7 Å². The fraction of sp³-hybridized carbons (Fsp3) is 0.227. The van der Waals surface area contributed by atoms with Gasteiger partial charge in [-0.15, -0.1) is 10.2 Å². The highest BCUT2D eigenvalue weighted by molar-refractivity contribution is 5.98. The lowest BCUT2D eigenvalue weighted by atomic mass is 10.2. The molecule has 4 aromatic heterocycles. The molecule has 12 heteroatoms. The molecule has 0 fully saturated rings. The minimum absolute atomic E-state index is 0.125. The molecule has 0 radical (unpaired) electrons. The average molecular weight is 464 g/mol. The number of carbonyl (C=O) groups is 1. The van der Waals surface area contributed by atoms with Crippen LogP contribution >= 0.6 is 0 Å². The van der Waals surface area contributed by atoms with Gasteiger partial charge in [-0.05, 0) is 37.1 Å². The number of ether oxygens (including phenoxy) is 1. The van der Waals surface area contributed by atoms with E-state index in [0.29, 0.717) is 23.0 Å². The molecule has 0 spiro atoms. The van der Waals surface area contributed by atoms with Gasteiger partial charge in [0.1, 0.15) is 12.1 Å². The van der Waals surface area contributed by atoms with Crippen molar-refractivity contribution in [1.82, 2.24) is 40.2 Å². The molecule has 0 bridgehead atoms. The lowest BCUT2D eigenvalue weighted by Crippen LogP contribution is -2.21. The van der Waals surface area contributed by atoms with Crippen LogP contribution in [0.25, 0.3) is 11.4 Å². The molecular formula is C22H24N10O2. The van der Waals surface area contributed by atoms with E-state index < -0.39 is 12.9 Å². The molecule has 0 saturated carbocycles. The van der Waals surface area contributed by atoms with Crippen LogP contribution in [-0.2, 0) is 7.05 Å². The molecule has 12 nitrogen and oxygen atoms in total. The first kappa shape index (κ1) is 18.9. The summed E-state index contributed by atoms with van der Waals surface area (Å²) < 4.78 is 29.3. The average Bonchev–Trinajstić information content (AvgIpc) is 3.26. The third-order valence-corrected chi connectivity index (χ3v) is 4.95. The predicted molar refractivity (Wildman–Crippen MR) is 126 cm³/mol. The lowest BCUT2D eigenvalue weighted by Gasteiger charge is -2.15. The van der Waals surface area contributed by atoms with Gasteiger partial charge < -0.3 is 20.7 Å². The van der Waals surface area contributed by atoms with E-state index in [9.17, 15) is 4.79 Å².